The minimum absolute atomic E-state index is 0.0338. The summed E-state index contributed by atoms with van der Waals surface area (Å²) < 4.78 is 15.8. The van der Waals surface area contributed by atoms with Gasteiger partial charge in [0.2, 0.25) is 17.7 Å². The lowest BCUT2D eigenvalue weighted by atomic mass is 9.99. The molecule has 378 valence electrons. The van der Waals surface area contributed by atoms with Gasteiger partial charge in [0.05, 0.1) is 6.04 Å². The van der Waals surface area contributed by atoms with Gasteiger partial charge in [-0.15, -0.1) is 0 Å². The van der Waals surface area contributed by atoms with Crippen molar-refractivity contribution in [1.82, 2.24) is 36.9 Å². The molecule has 0 unspecified atom stereocenters. The highest BCUT2D eigenvalue weighted by molar-refractivity contribution is 6.31. The van der Waals surface area contributed by atoms with Crippen molar-refractivity contribution < 1.29 is 52.8 Å². The van der Waals surface area contributed by atoms with Crippen LogP contribution in [0.1, 0.15) is 88.4 Å². The van der Waals surface area contributed by atoms with E-state index in [4.69, 9.17) is 31.5 Å². The normalized spacial score (nSPS) is 14.3. The number of hydrazine groups is 1. The molecule has 0 spiro atoms. The van der Waals surface area contributed by atoms with Gasteiger partial charge in [0, 0.05) is 30.2 Å². The number of hydrogen-bond acceptors (Lipinski definition) is 13. The van der Waals surface area contributed by atoms with Crippen molar-refractivity contribution in [2.45, 2.75) is 102 Å². The first kappa shape index (κ1) is 55.1. The summed E-state index contributed by atoms with van der Waals surface area (Å²) in [4.78, 5) is 109. The van der Waals surface area contributed by atoms with Crippen molar-refractivity contribution in [3.63, 3.8) is 0 Å². The van der Waals surface area contributed by atoms with Gasteiger partial charge in [0.1, 0.15) is 36.9 Å². The van der Waals surface area contributed by atoms with E-state index in [1.165, 1.54) is 4.90 Å². The second-order valence-electron chi connectivity index (χ2n) is 17.0. The Morgan fingerprint density at radius 3 is 2.11 bits per heavy atom. The number of benzene rings is 3. The molecule has 3 aromatic rings. The van der Waals surface area contributed by atoms with E-state index in [9.17, 15) is 43.7 Å². The number of unbranched alkanes of at least 4 members (excludes halogenated alkanes) is 1. The zero-order valence-corrected chi connectivity index (χ0v) is 40.0. The topological polar surface area (TPSA) is 304 Å². The Bertz CT molecular complexity index is 2240. The van der Waals surface area contributed by atoms with Crippen LogP contribution in [0.25, 0.3) is 0 Å². The number of halogens is 1. The summed E-state index contributed by atoms with van der Waals surface area (Å²) in [5, 5.41) is 23.5. The second-order valence-corrected chi connectivity index (χ2v) is 17.4. The Balaban J connectivity index is 1.37. The van der Waals surface area contributed by atoms with Crippen LogP contribution < -0.4 is 37.7 Å². The molecule has 1 aliphatic heterocycles. The number of ether oxygens (including phenoxy) is 3. The first-order chi connectivity index (χ1) is 33.4. The zero-order valence-electron chi connectivity index (χ0n) is 39.3. The second kappa shape index (κ2) is 28.1. The number of esters is 1. The van der Waals surface area contributed by atoms with E-state index in [1.807, 2.05) is 60.7 Å². The average molecular weight is 994 g/mol. The van der Waals surface area contributed by atoms with Crippen LogP contribution in [-0.4, -0.2) is 114 Å². The lowest BCUT2D eigenvalue weighted by Gasteiger charge is -2.30. The smallest absolute Gasteiger partial charge is 0.408 e. The predicted molar refractivity (Wildman–Crippen MR) is 256 cm³/mol. The highest BCUT2D eigenvalue weighted by Crippen LogP contribution is 2.23. The van der Waals surface area contributed by atoms with Crippen LogP contribution in [0.4, 0.5) is 9.59 Å². The van der Waals surface area contributed by atoms with Crippen molar-refractivity contribution in [2.24, 2.45) is 10.7 Å². The number of nitro groups is 1. The number of rotatable bonds is 24. The van der Waals surface area contributed by atoms with Gasteiger partial charge in [-0.1, -0.05) is 95.9 Å². The number of nitrogens with one attached hydrogen (secondary N) is 6. The first-order valence-corrected chi connectivity index (χ1v) is 23.1. The molecule has 1 aliphatic rings. The Kier molecular flexibility index (Phi) is 22.1. The van der Waals surface area contributed by atoms with Gasteiger partial charge in [-0.2, -0.15) is 0 Å². The molecule has 4 rings (SSSR count). The van der Waals surface area contributed by atoms with Gasteiger partial charge in [-0.3, -0.25) is 24.0 Å². The highest BCUT2D eigenvalue weighted by atomic mass is 35.5. The lowest BCUT2D eigenvalue weighted by Crippen LogP contribution is -2.56. The van der Waals surface area contributed by atoms with Crippen LogP contribution >= 0.6 is 11.6 Å². The molecule has 3 aromatic carbocycles. The van der Waals surface area contributed by atoms with Gasteiger partial charge in [-0.05, 0) is 82.9 Å². The molecule has 70 heavy (non-hydrogen) atoms. The summed E-state index contributed by atoms with van der Waals surface area (Å²) in [6.07, 6.45) is -0.0618. The maximum Gasteiger partial charge on any atom is 0.408 e. The van der Waals surface area contributed by atoms with E-state index in [0.717, 1.165) is 11.1 Å². The molecule has 0 aliphatic carbocycles. The number of guanidine groups is 1. The van der Waals surface area contributed by atoms with Gasteiger partial charge < -0.3 is 51.4 Å². The number of alkyl carbamates (subject to hydrolysis) is 2. The standard InChI is InChI=1S/C47H61ClN10O12/c1-47(2,3)70-46(65)54-36(22-12-13-25-51-45(64)69-29-33-20-10-11-21-34(33)48)43(63)57-27-15-24-37(57)42(62)53-35(23-14-26-50-44(49)56-58(66)67)41(61)52-28-39(60)68-30-38(59)55-40(31-16-6-4-7-17-31)32-18-8-5-9-19-32/h4-11,16-21,35-37,40H,12-15,22-30H2,1-3H3,(H,51,64)(H,52,61)(H,53,62)(H,54,65)(H,55,59)(H3,49,50,56)/t35-,36-,37-/m0/s1. The molecule has 0 radical (unpaired) electrons. The number of hydrogen-bond donors (Lipinski definition) is 7. The van der Waals surface area contributed by atoms with Gasteiger partial charge in [-0.25, -0.2) is 24.7 Å². The van der Waals surface area contributed by atoms with Crippen LogP contribution in [0.15, 0.2) is 89.9 Å². The molecule has 8 N–H and O–H groups in total. The van der Waals surface area contributed by atoms with Crippen molar-refractivity contribution >= 4 is 59.3 Å². The molecule has 0 bridgehead atoms. The maximum absolute atomic E-state index is 14.2. The van der Waals surface area contributed by atoms with E-state index in [2.05, 4.69) is 31.6 Å². The largest absolute Gasteiger partial charge is 0.454 e. The first-order valence-electron chi connectivity index (χ1n) is 22.7. The molecule has 1 saturated heterocycles. The number of nitrogens with two attached hydrogens (primary N) is 1. The van der Waals surface area contributed by atoms with Gasteiger partial charge >= 0.3 is 18.2 Å². The molecule has 1 fully saturated rings. The molecule has 23 heteroatoms. The molecule has 22 nitrogen and oxygen atoms in total. The van der Waals surface area contributed by atoms with Crippen molar-refractivity contribution in [2.75, 3.05) is 32.8 Å². The summed E-state index contributed by atoms with van der Waals surface area (Å²) >= 11 is 6.13. The van der Waals surface area contributed by atoms with E-state index in [0.29, 0.717) is 29.8 Å². The molecule has 0 saturated carbocycles. The molecular formula is C47H61ClN10O12. The third kappa shape index (κ3) is 19.6. The Hall–Kier alpha value is -7.49. The molecule has 1 heterocycles. The summed E-state index contributed by atoms with van der Waals surface area (Å²) in [7, 11) is 0. The van der Waals surface area contributed by atoms with E-state index in [1.54, 1.807) is 50.5 Å². The number of likely N-dealkylation sites (tertiary alicyclic amines) is 1. The predicted octanol–water partition coefficient (Wildman–Crippen LogP) is 3.55. The van der Waals surface area contributed by atoms with Gasteiger partial charge in [0.15, 0.2) is 11.6 Å². The third-order valence-corrected chi connectivity index (χ3v) is 10.8. The number of aliphatic imine (C=N–C) groups is 1. The molecule has 3 atom stereocenters. The zero-order chi connectivity index (χ0) is 51.1. The molecular weight excluding hydrogens is 932 g/mol. The quantitative estimate of drug-likeness (QED) is 0.0129. The fraction of sp³-hybridized carbons (Fsp3) is 0.447. The van der Waals surface area contributed by atoms with Crippen LogP contribution in [0, 0.1) is 10.1 Å². The number of amides is 6. The SMILES string of the molecule is CC(C)(C)OC(=O)N[C@@H](CCCCNC(=O)OCc1ccccc1Cl)C(=O)N1CCC[C@H]1C(=O)N[C@@H](CCCN=C(N)N[N+](=O)[O-])C(=O)NCC(=O)OCC(=O)NC(c1ccccc1)c1ccccc1. The van der Waals surface area contributed by atoms with E-state index >= 15 is 0 Å². The third-order valence-electron chi connectivity index (χ3n) is 10.4. The monoisotopic (exact) mass is 992 g/mol. The van der Waals surface area contributed by atoms with E-state index < -0.39 is 95.7 Å². The van der Waals surface area contributed by atoms with Crippen molar-refractivity contribution in [3.8, 4) is 0 Å². The summed E-state index contributed by atoms with van der Waals surface area (Å²) in [5.41, 5.74) is 8.57. The fourth-order valence-corrected chi connectivity index (χ4v) is 7.37. The Morgan fingerprint density at radius 1 is 0.829 bits per heavy atom. The number of carbonyl (C=O) groups is 7. The lowest BCUT2D eigenvalue weighted by molar-refractivity contribution is -0.525. The molecule has 6 amide bonds. The van der Waals surface area contributed by atoms with Crippen molar-refractivity contribution in [1.29, 1.82) is 0 Å². The Labute approximate surface area is 410 Å². The summed E-state index contributed by atoms with van der Waals surface area (Å²) in [5.74, 6) is -4.14. The minimum atomic E-state index is -1.31. The number of nitrogens with zero attached hydrogens (tertiary/aromatic N) is 3. The molecule has 0 aromatic heterocycles. The van der Waals surface area contributed by atoms with E-state index in [-0.39, 0.29) is 51.9 Å². The fourth-order valence-electron chi connectivity index (χ4n) is 7.18. The van der Waals surface area contributed by atoms with Crippen LogP contribution in [0.5, 0.6) is 0 Å². The summed E-state index contributed by atoms with van der Waals surface area (Å²) in [6, 6.07) is 21.3. The van der Waals surface area contributed by atoms with Crippen LogP contribution in [0.3, 0.4) is 0 Å². The maximum atomic E-state index is 14.2. The number of carbonyl (C=O) groups excluding carboxylic acids is 7. The highest BCUT2D eigenvalue weighted by Gasteiger charge is 2.39. The average Bonchev–Trinajstić information content (AvgIpc) is 3.82. The summed E-state index contributed by atoms with van der Waals surface area (Å²) in [6.45, 7) is 3.85. The van der Waals surface area contributed by atoms with Crippen LogP contribution in [0.2, 0.25) is 5.02 Å². The van der Waals surface area contributed by atoms with Gasteiger partial charge in [0.25, 0.3) is 11.9 Å². The minimum Gasteiger partial charge on any atom is -0.454 e. The van der Waals surface area contributed by atoms with Crippen LogP contribution in [-0.2, 0) is 44.8 Å². The Morgan fingerprint density at radius 2 is 1.47 bits per heavy atom. The van der Waals surface area contributed by atoms with Crippen molar-refractivity contribution in [3.05, 3.63) is 117 Å².